The van der Waals surface area contributed by atoms with E-state index in [0.717, 1.165) is 0 Å². The third kappa shape index (κ3) is 7.06. The SMILES string of the molecule is NC(Cc1cnc[nH]1)C(=O)NC(CCC(=O)O)C(=O)NCC(=O)N1CCCC1C(=O)O. The van der Waals surface area contributed by atoms with E-state index in [0.29, 0.717) is 18.5 Å². The Morgan fingerprint density at radius 1 is 1.26 bits per heavy atom. The number of aliphatic carboxylic acids is 2. The molecule has 31 heavy (non-hydrogen) atoms. The normalized spacial score (nSPS) is 17.6. The smallest absolute Gasteiger partial charge is 0.326 e. The molecule has 3 amide bonds. The molecule has 1 aromatic heterocycles. The Morgan fingerprint density at radius 2 is 2.00 bits per heavy atom. The molecule has 3 atom stereocenters. The van der Waals surface area contributed by atoms with Crippen LogP contribution in [-0.2, 0) is 30.4 Å². The molecule has 0 aromatic carbocycles. The Bertz CT molecular complexity index is 812. The number of nitrogens with one attached hydrogen (secondary N) is 3. The summed E-state index contributed by atoms with van der Waals surface area (Å²) in [6.45, 7) is -0.199. The fourth-order valence-corrected chi connectivity index (χ4v) is 3.25. The highest BCUT2D eigenvalue weighted by Crippen LogP contribution is 2.17. The zero-order valence-corrected chi connectivity index (χ0v) is 16.7. The lowest BCUT2D eigenvalue weighted by Gasteiger charge is -2.23. The van der Waals surface area contributed by atoms with Gasteiger partial charge in [-0.15, -0.1) is 0 Å². The Morgan fingerprint density at radius 3 is 2.61 bits per heavy atom. The second-order valence-corrected chi connectivity index (χ2v) is 7.18. The molecule has 13 nitrogen and oxygen atoms in total. The zero-order chi connectivity index (χ0) is 23.0. The van der Waals surface area contributed by atoms with Crippen molar-refractivity contribution in [2.75, 3.05) is 13.1 Å². The van der Waals surface area contributed by atoms with Crippen molar-refractivity contribution in [3.05, 3.63) is 18.2 Å². The molecule has 2 rings (SSSR count). The Balaban J connectivity index is 1.93. The summed E-state index contributed by atoms with van der Waals surface area (Å²) >= 11 is 0. The molecular formula is C18H26N6O7. The van der Waals surface area contributed by atoms with Gasteiger partial charge in [0.15, 0.2) is 0 Å². The molecular weight excluding hydrogens is 412 g/mol. The quantitative estimate of drug-likeness (QED) is 0.222. The van der Waals surface area contributed by atoms with E-state index >= 15 is 0 Å². The second kappa shape index (κ2) is 11.1. The van der Waals surface area contributed by atoms with Gasteiger partial charge in [-0.1, -0.05) is 0 Å². The van der Waals surface area contributed by atoms with Crippen LogP contribution in [0.3, 0.4) is 0 Å². The lowest BCUT2D eigenvalue weighted by atomic mass is 10.1. The summed E-state index contributed by atoms with van der Waals surface area (Å²) in [5.74, 6) is -4.28. The van der Waals surface area contributed by atoms with Gasteiger partial charge >= 0.3 is 11.9 Å². The minimum atomic E-state index is -1.22. The third-order valence-corrected chi connectivity index (χ3v) is 4.88. The monoisotopic (exact) mass is 438 g/mol. The largest absolute Gasteiger partial charge is 0.481 e. The van der Waals surface area contributed by atoms with Gasteiger partial charge in [-0.05, 0) is 19.3 Å². The van der Waals surface area contributed by atoms with Crippen molar-refractivity contribution in [1.82, 2.24) is 25.5 Å². The summed E-state index contributed by atoms with van der Waals surface area (Å²) in [5, 5.41) is 22.8. The average molecular weight is 438 g/mol. The molecule has 1 fully saturated rings. The van der Waals surface area contributed by atoms with E-state index in [4.69, 9.17) is 15.9 Å². The van der Waals surface area contributed by atoms with E-state index in [1.165, 1.54) is 17.4 Å². The van der Waals surface area contributed by atoms with Crippen molar-refractivity contribution in [3.8, 4) is 0 Å². The molecule has 7 N–H and O–H groups in total. The first kappa shape index (κ1) is 23.8. The number of aromatic nitrogens is 2. The van der Waals surface area contributed by atoms with Gasteiger partial charge in [-0.2, -0.15) is 0 Å². The molecule has 1 aromatic rings. The summed E-state index contributed by atoms with van der Waals surface area (Å²) in [4.78, 5) is 67.1. The van der Waals surface area contributed by atoms with Crippen LogP contribution in [0, 0.1) is 0 Å². The molecule has 170 valence electrons. The number of nitrogens with zero attached hydrogens (tertiary/aromatic N) is 2. The number of H-pyrrole nitrogens is 1. The number of carbonyl (C=O) groups is 5. The first-order valence-corrected chi connectivity index (χ1v) is 9.74. The van der Waals surface area contributed by atoms with Gasteiger partial charge in [-0.3, -0.25) is 19.2 Å². The van der Waals surface area contributed by atoms with E-state index in [1.54, 1.807) is 0 Å². The van der Waals surface area contributed by atoms with Crippen molar-refractivity contribution >= 4 is 29.7 Å². The maximum Gasteiger partial charge on any atom is 0.326 e. The summed E-state index contributed by atoms with van der Waals surface area (Å²) in [6.07, 6.45) is 3.33. The molecule has 0 spiro atoms. The van der Waals surface area contributed by atoms with Gasteiger partial charge in [0.05, 0.1) is 18.9 Å². The van der Waals surface area contributed by atoms with Crippen molar-refractivity contribution in [1.29, 1.82) is 0 Å². The fourth-order valence-electron chi connectivity index (χ4n) is 3.25. The fraction of sp³-hybridized carbons (Fsp3) is 0.556. The van der Waals surface area contributed by atoms with E-state index in [1.807, 2.05) is 0 Å². The topological polar surface area (TPSA) is 208 Å². The number of amides is 3. The van der Waals surface area contributed by atoms with Crippen molar-refractivity contribution < 1.29 is 34.2 Å². The predicted octanol–water partition coefficient (Wildman–Crippen LogP) is -2.18. The van der Waals surface area contributed by atoms with Crippen LogP contribution in [0.15, 0.2) is 12.5 Å². The number of imidazole rings is 1. The number of carbonyl (C=O) groups excluding carboxylic acids is 3. The van der Waals surface area contributed by atoms with Crippen LogP contribution in [-0.4, -0.2) is 86.0 Å². The van der Waals surface area contributed by atoms with E-state index < -0.39 is 60.8 Å². The first-order chi connectivity index (χ1) is 14.7. The van der Waals surface area contributed by atoms with Gasteiger partial charge in [0.1, 0.15) is 12.1 Å². The van der Waals surface area contributed by atoms with Crippen molar-refractivity contribution in [3.63, 3.8) is 0 Å². The van der Waals surface area contributed by atoms with Crippen LogP contribution in [0.25, 0.3) is 0 Å². The second-order valence-electron chi connectivity index (χ2n) is 7.18. The minimum absolute atomic E-state index is 0.128. The first-order valence-electron chi connectivity index (χ1n) is 9.74. The maximum absolute atomic E-state index is 12.5. The Hall–Kier alpha value is -3.48. The number of carboxylic acid groups (broad SMARTS) is 2. The number of hydrogen-bond acceptors (Lipinski definition) is 7. The molecule has 1 aliphatic rings. The van der Waals surface area contributed by atoms with Gasteiger partial charge in [0, 0.05) is 31.3 Å². The Kier molecular flexibility index (Phi) is 8.49. The molecule has 0 radical (unpaired) electrons. The highest BCUT2D eigenvalue weighted by atomic mass is 16.4. The molecule has 0 saturated carbocycles. The summed E-state index contributed by atoms with van der Waals surface area (Å²) in [5.41, 5.74) is 6.45. The molecule has 1 aliphatic heterocycles. The van der Waals surface area contributed by atoms with Crippen LogP contribution in [0.2, 0.25) is 0 Å². The van der Waals surface area contributed by atoms with Crippen LogP contribution in [0.5, 0.6) is 0 Å². The number of nitrogens with two attached hydrogens (primary N) is 1. The molecule has 0 aliphatic carbocycles. The highest BCUT2D eigenvalue weighted by Gasteiger charge is 2.34. The molecule has 3 unspecified atom stereocenters. The minimum Gasteiger partial charge on any atom is -0.481 e. The standard InChI is InChI=1S/C18H26N6O7/c19-11(6-10-7-20-9-22-10)16(28)23-12(3-4-15(26)27)17(29)21-8-14(25)24-5-1-2-13(24)18(30)31/h7,9,11-13H,1-6,8,19H2,(H,20,22)(H,21,29)(H,23,28)(H,26,27)(H,30,31). The van der Waals surface area contributed by atoms with Gasteiger partial charge < -0.3 is 36.5 Å². The summed E-state index contributed by atoms with van der Waals surface area (Å²) in [7, 11) is 0. The van der Waals surface area contributed by atoms with Crippen LogP contribution >= 0.6 is 0 Å². The average Bonchev–Trinajstić information content (AvgIpc) is 3.40. The van der Waals surface area contributed by atoms with Crippen molar-refractivity contribution in [2.45, 2.75) is 50.2 Å². The number of rotatable bonds is 11. The molecule has 0 bridgehead atoms. The highest BCUT2D eigenvalue weighted by molar-refractivity contribution is 5.93. The van der Waals surface area contributed by atoms with E-state index in [-0.39, 0.29) is 19.4 Å². The number of carboxylic acids is 2. The molecule has 13 heteroatoms. The predicted molar refractivity (Wildman–Crippen MR) is 104 cm³/mol. The summed E-state index contributed by atoms with van der Waals surface area (Å²) < 4.78 is 0. The lowest BCUT2D eigenvalue weighted by Crippen LogP contribution is -2.54. The third-order valence-electron chi connectivity index (χ3n) is 4.88. The van der Waals surface area contributed by atoms with Crippen LogP contribution < -0.4 is 16.4 Å². The van der Waals surface area contributed by atoms with Crippen molar-refractivity contribution in [2.24, 2.45) is 5.73 Å². The molecule has 2 heterocycles. The number of likely N-dealkylation sites (tertiary alicyclic amines) is 1. The van der Waals surface area contributed by atoms with E-state index in [9.17, 15) is 24.0 Å². The van der Waals surface area contributed by atoms with E-state index in [2.05, 4.69) is 20.6 Å². The lowest BCUT2D eigenvalue weighted by molar-refractivity contribution is -0.148. The zero-order valence-electron chi connectivity index (χ0n) is 16.7. The van der Waals surface area contributed by atoms with Crippen LogP contribution in [0.1, 0.15) is 31.4 Å². The number of hydrogen-bond donors (Lipinski definition) is 6. The molecule has 1 saturated heterocycles. The maximum atomic E-state index is 12.5. The van der Waals surface area contributed by atoms with Crippen LogP contribution in [0.4, 0.5) is 0 Å². The van der Waals surface area contributed by atoms with Gasteiger partial charge in [0.2, 0.25) is 17.7 Å². The van der Waals surface area contributed by atoms with Gasteiger partial charge in [0.25, 0.3) is 0 Å². The summed E-state index contributed by atoms with van der Waals surface area (Å²) in [6, 6.07) is -3.17. The number of aromatic amines is 1. The Labute approximate surface area is 177 Å². The van der Waals surface area contributed by atoms with Gasteiger partial charge in [-0.25, -0.2) is 9.78 Å².